The normalized spacial score (nSPS) is 20.1. The van der Waals surface area contributed by atoms with Crippen molar-refractivity contribution >= 4 is 5.82 Å². The monoisotopic (exact) mass is 263 g/mol. The Hall–Kier alpha value is -1.17. The third kappa shape index (κ3) is 3.89. The predicted molar refractivity (Wildman–Crippen MR) is 78.7 cm³/mol. The number of pyridine rings is 1. The van der Waals surface area contributed by atoms with E-state index in [-0.39, 0.29) is 0 Å². The molecule has 5 nitrogen and oxygen atoms in total. The van der Waals surface area contributed by atoms with Gasteiger partial charge in [-0.1, -0.05) is 13.0 Å². The highest BCUT2D eigenvalue weighted by molar-refractivity contribution is 5.33. The summed E-state index contributed by atoms with van der Waals surface area (Å²) in [6.07, 6.45) is 2.65. The maximum atomic E-state index is 5.39. The van der Waals surface area contributed by atoms with Crippen LogP contribution in [0.2, 0.25) is 0 Å². The lowest BCUT2D eigenvalue weighted by Crippen LogP contribution is -2.38. The molecule has 1 atom stereocenters. The Morgan fingerprint density at radius 1 is 1.53 bits per heavy atom. The zero-order valence-corrected chi connectivity index (χ0v) is 12.0. The number of likely N-dealkylation sites (tertiary alicyclic amines) is 1. The fraction of sp³-hybridized carbons (Fsp3) is 0.643. The molecule has 1 aliphatic heterocycles. The minimum Gasteiger partial charge on any atom is -0.308 e. The molecule has 0 spiro atoms. The fourth-order valence-corrected chi connectivity index (χ4v) is 2.87. The molecule has 0 aliphatic carbocycles. The summed E-state index contributed by atoms with van der Waals surface area (Å²) in [6.45, 7) is 6.62. The SMILES string of the molecule is CCN1CCCC1CN(C)Cc1cccc(NN)n1. The third-order valence-electron chi connectivity index (χ3n) is 3.81. The number of aromatic nitrogens is 1. The summed E-state index contributed by atoms with van der Waals surface area (Å²) in [6, 6.07) is 6.60. The van der Waals surface area contributed by atoms with Gasteiger partial charge in [0.2, 0.25) is 0 Å². The van der Waals surface area contributed by atoms with E-state index in [1.54, 1.807) is 0 Å². The van der Waals surface area contributed by atoms with E-state index in [1.165, 1.54) is 19.4 Å². The first-order chi connectivity index (χ1) is 9.22. The molecule has 2 heterocycles. The summed E-state index contributed by atoms with van der Waals surface area (Å²) in [4.78, 5) is 9.37. The van der Waals surface area contributed by atoms with Crippen molar-refractivity contribution in [2.45, 2.75) is 32.4 Å². The highest BCUT2D eigenvalue weighted by atomic mass is 15.3. The van der Waals surface area contributed by atoms with Gasteiger partial charge in [0.15, 0.2) is 0 Å². The summed E-state index contributed by atoms with van der Waals surface area (Å²) in [7, 11) is 2.16. The van der Waals surface area contributed by atoms with Crippen LogP contribution in [0.15, 0.2) is 18.2 Å². The van der Waals surface area contributed by atoms with Crippen LogP contribution in [0.1, 0.15) is 25.5 Å². The second-order valence-electron chi connectivity index (χ2n) is 5.28. The smallest absolute Gasteiger partial charge is 0.140 e. The summed E-state index contributed by atoms with van der Waals surface area (Å²) >= 11 is 0. The molecule has 0 amide bonds. The number of nitrogen functional groups attached to an aromatic ring is 1. The number of hydrogen-bond acceptors (Lipinski definition) is 5. The van der Waals surface area contributed by atoms with Crippen molar-refractivity contribution in [2.75, 3.05) is 32.1 Å². The highest BCUT2D eigenvalue weighted by Gasteiger charge is 2.23. The van der Waals surface area contributed by atoms with Gasteiger partial charge in [-0.05, 0) is 45.1 Å². The van der Waals surface area contributed by atoms with Crippen LogP contribution < -0.4 is 11.3 Å². The Morgan fingerprint density at radius 2 is 2.37 bits per heavy atom. The molecule has 0 radical (unpaired) electrons. The molecule has 1 fully saturated rings. The van der Waals surface area contributed by atoms with E-state index in [9.17, 15) is 0 Å². The summed E-state index contributed by atoms with van der Waals surface area (Å²) in [5.74, 6) is 6.11. The van der Waals surface area contributed by atoms with Crippen molar-refractivity contribution < 1.29 is 0 Å². The van der Waals surface area contributed by atoms with Crippen molar-refractivity contribution in [1.29, 1.82) is 0 Å². The van der Waals surface area contributed by atoms with E-state index in [2.05, 4.69) is 34.2 Å². The topological polar surface area (TPSA) is 57.4 Å². The Morgan fingerprint density at radius 3 is 3.11 bits per heavy atom. The van der Waals surface area contributed by atoms with Crippen LogP contribution in [-0.2, 0) is 6.54 Å². The maximum absolute atomic E-state index is 5.39. The molecule has 1 aromatic rings. The van der Waals surface area contributed by atoms with Crippen molar-refractivity contribution in [1.82, 2.24) is 14.8 Å². The lowest BCUT2D eigenvalue weighted by atomic mass is 10.2. The lowest BCUT2D eigenvalue weighted by molar-refractivity contribution is 0.194. The fourth-order valence-electron chi connectivity index (χ4n) is 2.87. The van der Waals surface area contributed by atoms with Crippen LogP contribution in [0, 0.1) is 0 Å². The van der Waals surface area contributed by atoms with E-state index >= 15 is 0 Å². The minimum absolute atomic E-state index is 0.700. The van der Waals surface area contributed by atoms with E-state index < -0.39 is 0 Å². The second-order valence-corrected chi connectivity index (χ2v) is 5.28. The van der Waals surface area contributed by atoms with Crippen molar-refractivity contribution in [3.8, 4) is 0 Å². The molecule has 106 valence electrons. The molecule has 0 saturated carbocycles. The zero-order valence-electron chi connectivity index (χ0n) is 12.0. The van der Waals surface area contributed by atoms with Gasteiger partial charge < -0.3 is 5.43 Å². The Balaban J connectivity index is 1.88. The summed E-state index contributed by atoms with van der Waals surface area (Å²) in [5, 5.41) is 0. The second kappa shape index (κ2) is 6.84. The first-order valence-electron chi connectivity index (χ1n) is 7.08. The van der Waals surface area contributed by atoms with Gasteiger partial charge in [-0.25, -0.2) is 10.8 Å². The predicted octanol–water partition coefficient (Wildman–Crippen LogP) is 1.28. The van der Waals surface area contributed by atoms with Gasteiger partial charge >= 0.3 is 0 Å². The highest BCUT2D eigenvalue weighted by Crippen LogP contribution is 2.17. The van der Waals surface area contributed by atoms with Crippen molar-refractivity contribution in [3.05, 3.63) is 23.9 Å². The molecule has 1 aromatic heterocycles. The van der Waals surface area contributed by atoms with E-state index in [4.69, 9.17) is 5.84 Å². The van der Waals surface area contributed by atoms with Gasteiger partial charge in [-0.3, -0.25) is 9.80 Å². The van der Waals surface area contributed by atoms with Gasteiger partial charge in [-0.2, -0.15) is 0 Å². The number of nitrogens with two attached hydrogens (primary N) is 1. The first kappa shape index (κ1) is 14.2. The molecule has 5 heteroatoms. The number of anilines is 1. The number of likely N-dealkylation sites (N-methyl/N-ethyl adjacent to an activating group) is 2. The molecule has 0 bridgehead atoms. The molecule has 1 aliphatic rings. The van der Waals surface area contributed by atoms with E-state index in [1.807, 2.05) is 18.2 Å². The minimum atomic E-state index is 0.700. The number of rotatable bonds is 6. The quantitative estimate of drug-likeness (QED) is 0.598. The van der Waals surface area contributed by atoms with E-state index in [0.717, 1.165) is 31.1 Å². The average molecular weight is 263 g/mol. The number of hydrogen-bond donors (Lipinski definition) is 2. The van der Waals surface area contributed by atoms with E-state index in [0.29, 0.717) is 6.04 Å². The molecule has 2 rings (SSSR count). The largest absolute Gasteiger partial charge is 0.308 e. The lowest BCUT2D eigenvalue weighted by Gasteiger charge is -2.27. The number of nitrogens with zero attached hydrogens (tertiary/aromatic N) is 3. The zero-order chi connectivity index (χ0) is 13.7. The van der Waals surface area contributed by atoms with Crippen LogP contribution in [0.3, 0.4) is 0 Å². The van der Waals surface area contributed by atoms with Crippen molar-refractivity contribution in [2.24, 2.45) is 5.84 Å². The van der Waals surface area contributed by atoms with Gasteiger partial charge in [0.25, 0.3) is 0 Å². The van der Waals surface area contributed by atoms with Crippen LogP contribution in [0.5, 0.6) is 0 Å². The molecular formula is C14H25N5. The van der Waals surface area contributed by atoms with Gasteiger partial charge in [0, 0.05) is 19.1 Å². The van der Waals surface area contributed by atoms with Gasteiger partial charge in [0.05, 0.1) is 5.69 Å². The Labute approximate surface area is 115 Å². The summed E-state index contributed by atoms with van der Waals surface area (Å²) < 4.78 is 0. The molecule has 1 unspecified atom stereocenters. The molecule has 1 saturated heterocycles. The standard InChI is InChI=1S/C14H25N5/c1-3-19-9-5-7-13(19)11-18(2)10-12-6-4-8-14(16-12)17-15/h4,6,8,13H,3,5,7,9-11,15H2,1-2H3,(H,16,17). The van der Waals surface area contributed by atoms with Crippen LogP contribution in [-0.4, -0.2) is 47.5 Å². The van der Waals surface area contributed by atoms with Crippen LogP contribution in [0.25, 0.3) is 0 Å². The van der Waals surface area contributed by atoms with Crippen LogP contribution in [0.4, 0.5) is 5.82 Å². The Kier molecular flexibility index (Phi) is 5.13. The van der Waals surface area contributed by atoms with Gasteiger partial charge in [-0.15, -0.1) is 0 Å². The number of nitrogens with one attached hydrogen (secondary N) is 1. The molecule has 0 aromatic carbocycles. The molecule has 3 N–H and O–H groups in total. The maximum Gasteiger partial charge on any atom is 0.140 e. The van der Waals surface area contributed by atoms with Gasteiger partial charge in [0.1, 0.15) is 5.82 Å². The van der Waals surface area contributed by atoms with Crippen LogP contribution >= 0.6 is 0 Å². The third-order valence-corrected chi connectivity index (χ3v) is 3.81. The first-order valence-corrected chi connectivity index (χ1v) is 7.08. The number of hydrazine groups is 1. The van der Waals surface area contributed by atoms with Crippen molar-refractivity contribution in [3.63, 3.8) is 0 Å². The summed E-state index contributed by atoms with van der Waals surface area (Å²) in [5.41, 5.74) is 3.65. The molecule has 19 heavy (non-hydrogen) atoms. The molecular weight excluding hydrogens is 238 g/mol. The average Bonchev–Trinajstić information content (AvgIpc) is 2.86. The Bertz CT molecular complexity index is 395.